The van der Waals surface area contributed by atoms with Crippen molar-refractivity contribution < 1.29 is 9.53 Å². The molecular weight excluding hydrogens is 228 g/mol. The van der Waals surface area contributed by atoms with Gasteiger partial charge in [0.2, 0.25) is 0 Å². The van der Waals surface area contributed by atoms with Crippen molar-refractivity contribution in [1.82, 2.24) is 9.80 Å². The van der Waals surface area contributed by atoms with E-state index in [-0.39, 0.29) is 5.97 Å². The van der Waals surface area contributed by atoms with Gasteiger partial charge < -0.3 is 9.64 Å². The Labute approximate surface area is 111 Å². The van der Waals surface area contributed by atoms with E-state index < -0.39 is 5.41 Å². The molecule has 0 unspecified atom stereocenters. The highest BCUT2D eigenvalue weighted by molar-refractivity contribution is 5.76. The van der Waals surface area contributed by atoms with E-state index >= 15 is 0 Å². The maximum Gasteiger partial charge on any atom is 0.312 e. The van der Waals surface area contributed by atoms with E-state index in [2.05, 4.69) is 23.6 Å². The molecule has 0 N–H and O–H groups in total. The Morgan fingerprint density at radius 2 is 1.67 bits per heavy atom. The van der Waals surface area contributed by atoms with E-state index in [4.69, 9.17) is 4.74 Å². The van der Waals surface area contributed by atoms with Gasteiger partial charge in [-0.15, -0.1) is 0 Å². The third kappa shape index (κ3) is 4.58. The van der Waals surface area contributed by atoms with Gasteiger partial charge in [0.1, 0.15) is 0 Å². The minimum Gasteiger partial charge on any atom is -0.469 e. The van der Waals surface area contributed by atoms with E-state index in [1.54, 1.807) is 0 Å². The van der Waals surface area contributed by atoms with Crippen molar-refractivity contribution in [2.75, 3.05) is 46.4 Å². The quantitative estimate of drug-likeness (QED) is 0.697. The van der Waals surface area contributed by atoms with Crippen LogP contribution >= 0.6 is 0 Å². The number of carbonyl (C=O) groups excluding carboxylic acids is 1. The minimum absolute atomic E-state index is 0.118. The first-order valence-corrected chi connectivity index (χ1v) is 6.88. The van der Waals surface area contributed by atoms with Gasteiger partial charge in [0, 0.05) is 39.3 Å². The second-order valence-electron chi connectivity index (χ2n) is 6.35. The second kappa shape index (κ2) is 6.53. The minimum atomic E-state index is -0.408. The van der Waals surface area contributed by atoms with Gasteiger partial charge in [-0.1, -0.05) is 13.8 Å². The van der Waals surface area contributed by atoms with Crippen molar-refractivity contribution >= 4 is 5.97 Å². The molecule has 4 nitrogen and oxygen atoms in total. The van der Waals surface area contributed by atoms with Crippen LogP contribution in [0.1, 0.15) is 27.7 Å². The van der Waals surface area contributed by atoms with Gasteiger partial charge in [0.05, 0.1) is 12.5 Å². The Morgan fingerprint density at radius 3 is 2.11 bits per heavy atom. The molecule has 0 amide bonds. The molecule has 0 aromatic rings. The first-order valence-electron chi connectivity index (χ1n) is 6.88. The van der Waals surface area contributed by atoms with Gasteiger partial charge in [0.25, 0.3) is 0 Å². The summed E-state index contributed by atoms with van der Waals surface area (Å²) < 4.78 is 4.85. The van der Waals surface area contributed by atoms with E-state index in [9.17, 15) is 4.79 Å². The number of methoxy groups -OCH3 is 1. The van der Waals surface area contributed by atoms with Crippen molar-refractivity contribution in [3.63, 3.8) is 0 Å². The summed E-state index contributed by atoms with van der Waals surface area (Å²) in [6.07, 6.45) is 0. The molecule has 1 fully saturated rings. The Morgan fingerprint density at radius 1 is 1.17 bits per heavy atom. The van der Waals surface area contributed by atoms with Gasteiger partial charge in [-0.2, -0.15) is 0 Å². The largest absolute Gasteiger partial charge is 0.469 e. The van der Waals surface area contributed by atoms with Crippen LogP contribution in [0.25, 0.3) is 0 Å². The zero-order valence-electron chi connectivity index (χ0n) is 12.5. The fourth-order valence-corrected chi connectivity index (χ4v) is 2.55. The van der Waals surface area contributed by atoms with E-state index in [0.29, 0.717) is 0 Å². The van der Waals surface area contributed by atoms with E-state index in [0.717, 1.165) is 38.6 Å². The topological polar surface area (TPSA) is 32.8 Å². The van der Waals surface area contributed by atoms with Crippen molar-refractivity contribution in [2.45, 2.75) is 27.7 Å². The number of esters is 1. The van der Waals surface area contributed by atoms with Crippen LogP contribution in [0.5, 0.6) is 0 Å². The maximum atomic E-state index is 11.7. The zero-order valence-corrected chi connectivity index (χ0v) is 12.5. The Hall–Kier alpha value is -0.610. The van der Waals surface area contributed by atoms with Crippen molar-refractivity contribution in [3.8, 4) is 0 Å². The highest BCUT2D eigenvalue weighted by Crippen LogP contribution is 2.20. The molecule has 4 heteroatoms. The lowest BCUT2D eigenvalue weighted by molar-refractivity contribution is -0.152. The molecule has 0 aromatic heterocycles. The van der Waals surface area contributed by atoms with Crippen LogP contribution in [0.2, 0.25) is 0 Å². The highest BCUT2D eigenvalue weighted by Gasteiger charge is 2.32. The average Bonchev–Trinajstić information content (AvgIpc) is 2.29. The molecule has 1 rings (SSSR count). The second-order valence-corrected chi connectivity index (χ2v) is 6.35. The molecular formula is C14H28N2O2. The predicted molar refractivity (Wildman–Crippen MR) is 73.5 cm³/mol. The van der Waals surface area contributed by atoms with Crippen LogP contribution in [0, 0.1) is 11.3 Å². The lowest BCUT2D eigenvalue weighted by Gasteiger charge is -2.38. The molecule has 0 atom stereocenters. The number of rotatable bonds is 5. The Kier molecular flexibility index (Phi) is 5.60. The molecule has 1 aliphatic rings. The smallest absolute Gasteiger partial charge is 0.312 e. The molecule has 1 saturated heterocycles. The Balaban J connectivity index is 2.37. The molecule has 1 aliphatic heterocycles. The predicted octanol–water partition coefficient (Wildman–Crippen LogP) is 1.46. The summed E-state index contributed by atoms with van der Waals surface area (Å²) in [6.45, 7) is 14.7. The van der Waals surface area contributed by atoms with Gasteiger partial charge in [-0.05, 0) is 19.8 Å². The number of hydrogen-bond donors (Lipinski definition) is 0. The summed E-state index contributed by atoms with van der Waals surface area (Å²) in [5.41, 5.74) is -0.408. The number of hydrogen-bond acceptors (Lipinski definition) is 4. The fraction of sp³-hybridized carbons (Fsp3) is 0.929. The zero-order chi connectivity index (χ0) is 13.8. The molecule has 0 radical (unpaired) electrons. The van der Waals surface area contributed by atoms with Crippen molar-refractivity contribution in [1.29, 1.82) is 0 Å². The van der Waals surface area contributed by atoms with Gasteiger partial charge in [-0.25, -0.2) is 0 Å². The van der Waals surface area contributed by atoms with Crippen LogP contribution in [0.3, 0.4) is 0 Å². The summed E-state index contributed by atoms with van der Waals surface area (Å²) in [4.78, 5) is 16.5. The summed E-state index contributed by atoms with van der Waals surface area (Å²) >= 11 is 0. The standard InChI is InChI=1S/C14H28N2O2/c1-12(2)10-15-6-8-16(9-7-15)11-14(3,4)13(17)18-5/h12H,6-11H2,1-5H3. The first kappa shape index (κ1) is 15.4. The lowest BCUT2D eigenvalue weighted by Crippen LogP contribution is -2.51. The number of nitrogens with zero attached hydrogens (tertiary/aromatic N) is 2. The maximum absolute atomic E-state index is 11.7. The molecule has 0 aromatic carbocycles. The highest BCUT2D eigenvalue weighted by atomic mass is 16.5. The average molecular weight is 256 g/mol. The van der Waals surface area contributed by atoms with Crippen LogP contribution in [0.4, 0.5) is 0 Å². The first-order chi connectivity index (χ1) is 8.35. The number of piperazine rings is 1. The fourth-order valence-electron chi connectivity index (χ4n) is 2.55. The summed E-state index contributed by atoms with van der Waals surface area (Å²) in [5.74, 6) is 0.607. The van der Waals surface area contributed by atoms with Crippen molar-refractivity contribution in [3.05, 3.63) is 0 Å². The van der Waals surface area contributed by atoms with Gasteiger partial charge >= 0.3 is 5.97 Å². The summed E-state index contributed by atoms with van der Waals surface area (Å²) in [6, 6.07) is 0. The van der Waals surface area contributed by atoms with E-state index in [1.807, 2.05) is 13.8 Å². The summed E-state index contributed by atoms with van der Waals surface area (Å²) in [5, 5.41) is 0. The molecule has 0 bridgehead atoms. The molecule has 0 aliphatic carbocycles. The summed E-state index contributed by atoms with van der Waals surface area (Å²) in [7, 11) is 1.46. The lowest BCUT2D eigenvalue weighted by atomic mass is 9.92. The van der Waals surface area contributed by atoms with Crippen LogP contribution < -0.4 is 0 Å². The normalized spacial score (nSPS) is 19.2. The SMILES string of the molecule is COC(=O)C(C)(C)CN1CCN(CC(C)C)CC1. The third-order valence-electron chi connectivity index (χ3n) is 3.45. The molecule has 0 spiro atoms. The molecule has 18 heavy (non-hydrogen) atoms. The van der Waals surface area contributed by atoms with Crippen LogP contribution in [-0.2, 0) is 9.53 Å². The monoisotopic (exact) mass is 256 g/mol. The van der Waals surface area contributed by atoms with Gasteiger partial charge in [-0.3, -0.25) is 9.69 Å². The molecule has 106 valence electrons. The van der Waals surface area contributed by atoms with Gasteiger partial charge in [0.15, 0.2) is 0 Å². The number of ether oxygens (including phenoxy) is 1. The molecule has 1 heterocycles. The number of carbonyl (C=O) groups is 1. The third-order valence-corrected chi connectivity index (χ3v) is 3.45. The molecule has 0 saturated carbocycles. The Bertz CT molecular complexity index is 269. The van der Waals surface area contributed by atoms with Crippen molar-refractivity contribution in [2.24, 2.45) is 11.3 Å². The van der Waals surface area contributed by atoms with E-state index in [1.165, 1.54) is 13.7 Å². The van der Waals surface area contributed by atoms with Crippen LogP contribution in [-0.4, -0.2) is 62.1 Å². The van der Waals surface area contributed by atoms with Crippen LogP contribution in [0.15, 0.2) is 0 Å².